The molecule has 0 fully saturated rings. The lowest BCUT2D eigenvalue weighted by Gasteiger charge is -2.13. The molecule has 1 amide bonds. The van der Waals surface area contributed by atoms with E-state index < -0.39 is 5.91 Å². The van der Waals surface area contributed by atoms with Gasteiger partial charge in [-0.25, -0.2) is 0 Å². The van der Waals surface area contributed by atoms with Gasteiger partial charge in [-0.3, -0.25) is 4.79 Å². The van der Waals surface area contributed by atoms with Gasteiger partial charge in [-0.1, -0.05) is 36.4 Å². The fraction of sp³-hybridized carbons (Fsp3) is 0.0526. The molecule has 3 aromatic carbocycles. The molecule has 0 radical (unpaired) electrons. The number of para-hydroxylation sites is 1. The number of benzene rings is 3. The van der Waals surface area contributed by atoms with Crippen LogP contribution in [-0.4, -0.2) is 17.0 Å². The Labute approximate surface area is 139 Å². The molecule has 0 aliphatic heterocycles. The number of rotatable bonds is 2. The number of hydrogen-bond acceptors (Lipinski definition) is 2. The molecular weight excluding hydrogens is 302 g/mol. The monoisotopic (exact) mass is 319 g/mol. The van der Waals surface area contributed by atoms with Gasteiger partial charge in [-0.15, -0.1) is 0 Å². The van der Waals surface area contributed by atoms with Crippen LogP contribution in [0.1, 0.15) is 15.9 Å². The van der Waals surface area contributed by atoms with Gasteiger partial charge in [0, 0.05) is 11.1 Å². The molecule has 5 nitrogen and oxygen atoms in total. The average Bonchev–Trinajstić information content (AvgIpc) is 2.54. The maximum Gasteiger partial charge on any atom is 0.280 e. The molecule has 0 heterocycles. The van der Waals surface area contributed by atoms with E-state index in [1.807, 2.05) is 37.3 Å². The van der Waals surface area contributed by atoms with Gasteiger partial charge in [0.2, 0.25) is 0 Å². The van der Waals surface area contributed by atoms with Crippen LogP contribution in [0.5, 0.6) is 5.75 Å². The van der Waals surface area contributed by atoms with E-state index in [1.165, 1.54) is 0 Å². The molecule has 24 heavy (non-hydrogen) atoms. The summed E-state index contributed by atoms with van der Waals surface area (Å²) < 4.78 is 0. The van der Waals surface area contributed by atoms with Gasteiger partial charge in [0.1, 0.15) is 5.75 Å². The van der Waals surface area contributed by atoms with Crippen molar-refractivity contribution in [2.24, 2.45) is 16.5 Å². The second-order valence-electron chi connectivity index (χ2n) is 5.55. The zero-order valence-electron chi connectivity index (χ0n) is 13.2. The number of guanidine groups is 1. The number of aryl methyl sites for hydroxylation is 1. The van der Waals surface area contributed by atoms with Crippen LogP contribution in [0.2, 0.25) is 0 Å². The number of nitrogens with zero attached hydrogens (tertiary/aromatic N) is 1. The zero-order chi connectivity index (χ0) is 17.3. The molecular formula is C19H17N3O2. The summed E-state index contributed by atoms with van der Waals surface area (Å²) in [5.41, 5.74) is 13.5. The van der Waals surface area contributed by atoms with Gasteiger partial charge in [-0.05, 0) is 47.0 Å². The molecule has 3 rings (SSSR count). The Kier molecular flexibility index (Phi) is 3.92. The number of phenolic OH excluding ortho intramolecular Hbond substituents is 1. The molecule has 120 valence electrons. The van der Waals surface area contributed by atoms with Gasteiger partial charge in [0.15, 0.2) is 5.96 Å². The van der Waals surface area contributed by atoms with E-state index in [0.717, 1.165) is 21.9 Å². The highest BCUT2D eigenvalue weighted by atomic mass is 16.3. The molecule has 0 aliphatic carbocycles. The number of aliphatic imine (C=N–C) groups is 1. The topological polar surface area (TPSA) is 102 Å². The van der Waals surface area contributed by atoms with Crippen molar-refractivity contribution in [2.75, 3.05) is 0 Å². The molecule has 0 aliphatic rings. The summed E-state index contributed by atoms with van der Waals surface area (Å²) in [4.78, 5) is 15.7. The number of aromatic hydroxyl groups is 1. The van der Waals surface area contributed by atoms with Crippen molar-refractivity contribution in [1.82, 2.24) is 0 Å². The summed E-state index contributed by atoms with van der Waals surface area (Å²) in [5.74, 6) is -0.582. The molecule has 3 aromatic rings. The Hall–Kier alpha value is -3.34. The molecule has 5 N–H and O–H groups in total. The van der Waals surface area contributed by atoms with E-state index >= 15 is 0 Å². The number of fused-ring (bicyclic) bond motifs is 1. The van der Waals surface area contributed by atoms with Crippen molar-refractivity contribution in [2.45, 2.75) is 6.92 Å². The van der Waals surface area contributed by atoms with Crippen molar-refractivity contribution in [3.8, 4) is 16.9 Å². The van der Waals surface area contributed by atoms with Crippen LogP contribution in [0.4, 0.5) is 0 Å². The SMILES string of the molecule is Cc1ccc2ccc(C(=O)N=C(N)N)cc2c1-c1ccccc1O. The Bertz CT molecular complexity index is 974. The minimum atomic E-state index is -0.498. The van der Waals surface area contributed by atoms with Crippen LogP contribution in [0, 0.1) is 6.92 Å². The number of carbonyl (C=O) groups is 1. The summed E-state index contributed by atoms with van der Waals surface area (Å²) in [6.45, 7) is 1.96. The molecule has 0 saturated heterocycles. The first-order valence-electron chi connectivity index (χ1n) is 7.43. The van der Waals surface area contributed by atoms with E-state index in [-0.39, 0.29) is 11.7 Å². The summed E-state index contributed by atoms with van der Waals surface area (Å²) in [7, 11) is 0. The lowest BCUT2D eigenvalue weighted by atomic mass is 9.92. The van der Waals surface area contributed by atoms with Gasteiger partial charge in [0.25, 0.3) is 5.91 Å². The number of carbonyl (C=O) groups excluding carboxylic acids is 1. The summed E-state index contributed by atoms with van der Waals surface area (Å²) in [6.07, 6.45) is 0. The highest BCUT2D eigenvalue weighted by molar-refractivity contribution is 6.07. The maximum atomic E-state index is 12.1. The normalized spacial score (nSPS) is 10.5. The fourth-order valence-electron chi connectivity index (χ4n) is 2.79. The number of phenols is 1. The van der Waals surface area contributed by atoms with E-state index in [0.29, 0.717) is 11.1 Å². The minimum Gasteiger partial charge on any atom is -0.507 e. The summed E-state index contributed by atoms with van der Waals surface area (Å²) >= 11 is 0. The summed E-state index contributed by atoms with van der Waals surface area (Å²) in [5, 5.41) is 12.0. The predicted molar refractivity (Wildman–Crippen MR) is 95.9 cm³/mol. The van der Waals surface area contributed by atoms with E-state index in [9.17, 15) is 9.90 Å². The van der Waals surface area contributed by atoms with Crippen LogP contribution < -0.4 is 11.5 Å². The standard InChI is InChI=1S/C19H17N3O2/c1-11-6-7-12-8-9-13(18(24)22-19(20)21)10-15(12)17(11)14-4-2-3-5-16(14)23/h2-10,23H,1H3,(H4,20,21,22,24). The summed E-state index contributed by atoms with van der Waals surface area (Å²) in [6, 6.07) is 16.4. The van der Waals surface area contributed by atoms with E-state index in [2.05, 4.69) is 4.99 Å². The van der Waals surface area contributed by atoms with Crippen molar-refractivity contribution >= 4 is 22.6 Å². The van der Waals surface area contributed by atoms with Crippen molar-refractivity contribution in [3.05, 3.63) is 65.7 Å². The van der Waals surface area contributed by atoms with Crippen molar-refractivity contribution in [3.63, 3.8) is 0 Å². The smallest absolute Gasteiger partial charge is 0.280 e. The second-order valence-corrected chi connectivity index (χ2v) is 5.55. The van der Waals surface area contributed by atoms with E-state index in [1.54, 1.807) is 24.3 Å². The van der Waals surface area contributed by atoms with Crippen LogP contribution >= 0.6 is 0 Å². The van der Waals surface area contributed by atoms with Crippen molar-refractivity contribution in [1.29, 1.82) is 0 Å². The molecule has 0 spiro atoms. The van der Waals surface area contributed by atoms with Crippen LogP contribution in [-0.2, 0) is 0 Å². The molecule has 0 bridgehead atoms. The quantitative estimate of drug-likeness (QED) is 0.499. The Morgan fingerprint density at radius 2 is 1.75 bits per heavy atom. The fourth-order valence-corrected chi connectivity index (χ4v) is 2.79. The number of hydrogen-bond donors (Lipinski definition) is 3. The first-order valence-corrected chi connectivity index (χ1v) is 7.43. The molecule has 5 heteroatoms. The maximum absolute atomic E-state index is 12.1. The van der Waals surface area contributed by atoms with Crippen molar-refractivity contribution < 1.29 is 9.90 Å². The third-order valence-corrected chi connectivity index (χ3v) is 3.88. The molecule has 0 unspecified atom stereocenters. The lowest BCUT2D eigenvalue weighted by molar-refractivity contribution is 0.100. The third kappa shape index (κ3) is 2.79. The Balaban J connectivity index is 2.29. The zero-order valence-corrected chi connectivity index (χ0v) is 13.2. The van der Waals surface area contributed by atoms with Gasteiger partial charge < -0.3 is 16.6 Å². The van der Waals surface area contributed by atoms with Gasteiger partial charge >= 0.3 is 0 Å². The van der Waals surface area contributed by atoms with Crippen LogP contribution in [0.3, 0.4) is 0 Å². The third-order valence-electron chi connectivity index (χ3n) is 3.88. The Morgan fingerprint density at radius 1 is 1.04 bits per heavy atom. The predicted octanol–water partition coefficient (Wildman–Crippen LogP) is 2.93. The average molecular weight is 319 g/mol. The second kappa shape index (κ2) is 6.04. The molecule has 0 atom stereocenters. The molecule has 0 aromatic heterocycles. The highest BCUT2D eigenvalue weighted by Gasteiger charge is 2.13. The van der Waals surface area contributed by atoms with E-state index in [4.69, 9.17) is 11.5 Å². The Morgan fingerprint density at radius 3 is 2.46 bits per heavy atom. The number of amides is 1. The highest BCUT2D eigenvalue weighted by Crippen LogP contribution is 2.37. The van der Waals surface area contributed by atoms with Crippen LogP contribution in [0.15, 0.2) is 59.6 Å². The van der Waals surface area contributed by atoms with Crippen LogP contribution in [0.25, 0.3) is 21.9 Å². The molecule has 0 saturated carbocycles. The minimum absolute atomic E-state index is 0.189. The van der Waals surface area contributed by atoms with Gasteiger partial charge in [0.05, 0.1) is 0 Å². The first kappa shape index (κ1) is 15.6. The van der Waals surface area contributed by atoms with Gasteiger partial charge in [-0.2, -0.15) is 4.99 Å². The largest absolute Gasteiger partial charge is 0.507 e. The number of nitrogens with two attached hydrogens (primary N) is 2. The lowest BCUT2D eigenvalue weighted by Crippen LogP contribution is -2.24. The first-order chi connectivity index (χ1) is 11.5.